The molecule has 0 radical (unpaired) electrons. The van der Waals surface area contributed by atoms with Crippen LogP contribution in [0, 0.1) is 0 Å². The number of nitrogens with one attached hydrogen (secondary N) is 1. The van der Waals surface area contributed by atoms with Crippen molar-refractivity contribution in [3.05, 3.63) is 42.0 Å². The first-order valence-electron chi connectivity index (χ1n) is 6.68. The van der Waals surface area contributed by atoms with Crippen LogP contribution in [-0.4, -0.2) is 35.9 Å². The molecule has 2 aromatic rings. The Bertz CT molecular complexity index is 593. The Morgan fingerprint density at radius 2 is 2.14 bits per heavy atom. The fourth-order valence-electron chi connectivity index (χ4n) is 1.97. The van der Waals surface area contributed by atoms with Crippen molar-refractivity contribution in [3.63, 3.8) is 0 Å². The zero-order chi connectivity index (χ0) is 14.5. The van der Waals surface area contributed by atoms with Gasteiger partial charge in [0.1, 0.15) is 0 Å². The number of rotatable bonds is 4. The van der Waals surface area contributed by atoms with Crippen LogP contribution in [0.4, 0.5) is 5.69 Å². The van der Waals surface area contributed by atoms with E-state index in [0.717, 1.165) is 5.69 Å². The van der Waals surface area contributed by atoms with Crippen LogP contribution in [0.1, 0.15) is 17.8 Å². The maximum absolute atomic E-state index is 11.9. The predicted molar refractivity (Wildman–Crippen MR) is 72.6 cm³/mol. The van der Waals surface area contributed by atoms with Crippen molar-refractivity contribution < 1.29 is 18.8 Å². The number of aromatic nitrogens is 2. The van der Waals surface area contributed by atoms with Crippen molar-refractivity contribution in [1.29, 1.82) is 0 Å². The highest BCUT2D eigenvalue weighted by atomic mass is 16.6. The van der Waals surface area contributed by atoms with Crippen molar-refractivity contribution in [1.82, 2.24) is 10.1 Å². The second kappa shape index (κ2) is 6.47. The zero-order valence-corrected chi connectivity index (χ0v) is 11.3. The van der Waals surface area contributed by atoms with Crippen LogP contribution in [0.15, 0.2) is 34.9 Å². The Balaban J connectivity index is 1.57. The molecule has 1 aliphatic heterocycles. The van der Waals surface area contributed by atoms with E-state index in [9.17, 15) is 4.79 Å². The molecule has 21 heavy (non-hydrogen) atoms. The van der Waals surface area contributed by atoms with Gasteiger partial charge in [-0.15, -0.1) is 0 Å². The summed E-state index contributed by atoms with van der Waals surface area (Å²) in [7, 11) is 0. The second-order valence-electron chi connectivity index (χ2n) is 4.57. The maximum atomic E-state index is 11.9. The summed E-state index contributed by atoms with van der Waals surface area (Å²) >= 11 is 0. The molecule has 0 unspecified atom stereocenters. The second-order valence-corrected chi connectivity index (χ2v) is 4.57. The number of benzene rings is 1. The van der Waals surface area contributed by atoms with E-state index < -0.39 is 0 Å². The average Bonchev–Trinajstić information content (AvgIpc) is 2.97. The molecule has 0 bridgehead atoms. The molecule has 1 aromatic heterocycles. The number of hydrogen-bond acceptors (Lipinski definition) is 6. The van der Waals surface area contributed by atoms with E-state index in [1.807, 2.05) is 30.3 Å². The number of nitrogens with zero attached hydrogens (tertiary/aromatic N) is 2. The lowest BCUT2D eigenvalue weighted by atomic mass is 10.3. The summed E-state index contributed by atoms with van der Waals surface area (Å²) in [4.78, 5) is 16.1. The fourth-order valence-corrected chi connectivity index (χ4v) is 1.97. The van der Waals surface area contributed by atoms with Gasteiger partial charge in [0.15, 0.2) is 11.9 Å². The highest BCUT2D eigenvalue weighted by molar-refractivity contribution is 5.91. The summed E-state index contributed by atoms with van der Waals surface area (Å²) in [6.45, 7) is 1.45. The van der Waals surface area contributed by atoms with Gasteiger partial charge in [0.2, 0.25) is 5.91 Å². The van der Waals surface area contributed by atoms with Gasteiger partial charge in [-0.1, -0.05) is 23.4 Å². The summed E-state index contributed by atoms with van der Waals surface area (Å²) in [5, 5.41) is 6.55. The van der Waals surface area contributed by atoms with Crippen LogP contribution in [0.25, 0.3) is 0 Å². The van der Waals surface area contributed by atoms with Crippen LogP contribution < -0.4 is 5.32 Å². The Morgan fingerprint density at radius 1 is 1.29 bits per heavy atom. The van der Waals surface area contributed by atoms with Gasteiger partial charge in [0.25, 0.3) is 5.89 Å². The number of para-hydroxylation sites is 1. The van der Waals surface area contributed by atoms with Crippen LogP contribution in [0.3, 0.4) is 0 Å². The van der Waals surface area contributed by atoms with E-state index in [4.69, 9.17) is 14.0 Å². The van der Waals surface area contributed by atoms with Crippen molar-refractivity contribution >= 4 is 11.6 Å². The largest absolute Gasteiger partial charge is 0.376 e. The molecule has 1 amide bonds. The molecular formula is C14H15N3O4. The summed E-state index contributed by atoms with van der Waals surface area (Å²) < 4.78 is 15.8. The van der Waals surface area contributed by atoms with Gasteiger partial charge in [-0.3, -0.25) is 4.79 Å². The van der Waals surface area contributed by atoms with Crippen LogP contribution in [-0.2, 0) is 20.7 Å². The Labute approximate surface area is 121 Å². The zero-order valence-electron chi connectivity index (χ0n) is 11.3. The third kappa shape index (κ3) is 3.65. The number of carbonyl (C=O) groups excluding carboxylic acids is 1. The van der Waals surface area contributed by atoms with E-state index in [1.54, 1.807) is 0 Å². The molecule has 0 saturated carbocycles. The molecule has 1 aromatic carbocycles. The Kier molecular flexibility index (Phi) is 4.23. The van der Waals surface area contributed by atoms with Gasteiger partial charge in [-0.05, 0) is 12.1 Å². The number of anilines is 1. The number of carbonyl (C=O) groups is 1. The van der Waals surface area contributed by atoms with E-state index in [1.165, 1.54) is 0 Å². The van der Waals surface area contributed by atoms with Gasteiger partial charge in [-0.25, -0.2) is 0 Å². The van der Waals surface area contributed by atoms with E-state index in [0.29, 0.717) is 31.5 Å². The molecule has 7 heteroatoms. The molecule has 0 spiro atoms. The van der Waals surface area contributed by atoms with Crippen molar-refractivity contribution in [2.75, 3.05) is 25.1 Å². The van der Waals surface area contributed by atoms with Gasteiger partial charge in [0.05, 0.1) is 26.2 Å². The highest BCUT2D eigenvalue weighted by Crippen LogP contribution is 2.18. The summed E-state index contributed by atoms with van der Waals surface area (Å²) in [5.41, 5.74) is 0.732. The number of hydrogen-bond donors (Lipinski definition) is 1. The first-order chi connectivity index (χ1) is 10.3. The van der Waals surface area contributed by atoms with Gasteiger partial charge >= 0.3 is 0 Å². The number of ether oxygens (including phenoxy) is 2. The molecule has 2 heterocycles. The summed E-state index contributed by atoms with van der Waals surface area (Å²) in [6, 6.07) is 9.21. The predicted octanol–water partition coefficient (Wildman–Crippen LogP) is 1.34. The van der Waals surface area contributed by atoms with Crippen LogP contribution in [0.2, 0.25) is 0 Å². The minimum Gasteiger partial charge on any atom is -0.376 e. The summed E-state index contributed by atoms with van der Waals surface area (Å²) in [5.74, 6) is 0.471. The fraction of sp³-hybridized carbons (Fsp3) is 0.357. The molecule has 1 N–H and O–H groups in total. The lowest BCUT2D eigenvalue weighted by molar-refractivity contribution is -0.115. The lowest BCUT2D eigenvalue weighted by Gasteiger charge is -2.19. The molecule has 3 rings (SSSR count). The first kappa shape index (κ1) is 13.7. The van der Waals surface area contributed by atoms with Crippen LogP contribution in [0.5, 0.6) is 0 Å². The van der Waals surface area contributed by atoms with Gasteiger partial charge in [-0.2, -0.15) is 4.98 Å². The van der Waals surface area contributed by atoms with Gasteiger partial charge in [0, 0.05) is 5.69 Å². The van der Waals surface area contributed by atoms with E-state index in [2.05, 4.69) is 15.5 Å². The molecule has 7 nitrogen and oxygen atoms in total. The van der Waals surface area contributed by atoms with Crippen LogP contribution >= 0.6 is 0 Å². The maximum Gasteiger partial charge on any atom is 0.258 e. The third-order valence-electron chi connectivity index (χ3n) is 2.95. The van der Waals surface area contributed by atoms with E-state index in [-0.39, 0.29) is 18.4 Å². The topological polar surface area (TPSA) is 86.5 Å². The quantitative estimate of drug-likeness (QED) is 0.914. The molecule has 1 fully saturated rings. The molecule has 110 valence electrons. The molecular weight excluding hydrogens is 274 g/mol. The molecule has 1 saturated heterocycles. The van der Waals surface area contributed by atoms with E-state index >= 15 is 0 Å². The van der Waals surface area contributed by atoms with Crippen molar-refractivity contribution in [2.24, 2.45) is 0 Å². The normalized spacial score (nSPS) is 18.4. The monoisotopic (exact) mass is 289 g/mol. The van der Waals surface area contributed by atoms with Gasteiger partial charge < -0.3 is 19.3 Å². The molecule has 1 atom stereocenters. The molecule has 0 aliphatic carbocycles. The molecule has 1 aliphatic rings. The Morgan fingerprint density at radius 3 is 2.90 bits per heavy atom. The number of amides is 1. The van der Waals surface area contributed by atoms with Crippen molar-refractivity contribution in [3.8, 4) is 0 Å². The minimum atomic E-state index is -0.350. The minimum absolute atomic E-state index is 0.0476. The average molecular weight is 289 g/mol. The summed E-state index contributed by atoms with van der Waals surface area (Å²) in [6.07, 6.45) is -0.302. The first-order valence-corrected chi connectivity index (χ1v) is 6.68. The highest BCUT2D eigenvalue weighted by Gasteiger charge is 2.23. The Hall–Kier alpha value is -2.25. The lowest BCUT2D eigenvalue weighted by Crippen LogP contribution is -2.22. The van der Waals surface area contributed by atoms with Crippen molar-refractivity contribution in [2.45, 2.75) is 12.5 Å². The standard InChI is InChI=1S/C14H15N3O4/c18-13(15-10-4-2-1-3-5-10)8-12-16-14(21-17-12)11-9-19-6-7-20-11/h1-5,11H,6-9H2,(H,15,18)/t11-/m0/s1. The smallest absolute Gasteiger partial charge is 0.258 e. The SMILES string of the molecule is O=C(Cc1noc([C@@H]2COCCO2)n1)Nc1ccccc1. The third-order valence-corrected chi connectivity index (χ3v) is 2.95.